The second-order valence-corrected chi connectivity index (χ2v) is 9.09. The highest BCUT2D eigenvalue weighted by atomic mass is 16.5. The monoisotopic (exact) mass is 451 g/mol. The Balaban J connectivity index is 1.94. The molecular formula is C27H37N3O3. The number of nitrogens with zero attached hydrogens (tertiary/aromatic N) is 3. The Bertz CT molecular complexity index is 1010. The molecule has 0 fully saturated rings. The Morgan fingerprint density at radius 3 is 2.36 bits per heavy atom. The molecule has 2 aromatic carbocycles. The van der Waals surface area contributed by atoms with Crippen molar-refractivity contribution in [1.29, 1.82) is 0 Å². The molecule has 0 bridgehead atoms. The van der Waals surface area contributed by atoms with Crippen LogP contribution in [0.1, 0.15) is 44.5 Å². The smallest absolute Gasteiger partial charge is 0.227 e. The van der Waals surface area contributed by atoms with Crippen molar-refractivity contribution in [2.24, 2.45) is 0 Å². The van der Waals surface area contributed by atoms with Crippen molar-refractivity contribution < 1.29 is 14.6 Å². The van der Waals surface area contributed by atoms with Crippen LogP contribution in [0.4, 0.5) is 0 Å². The molecule has 3 rings (SSSR count). The predicted molar refractivity (Wildman–Crippen MR) is 132 cm³/mol. The van der Waals surface area contributed by atoms with Crippen molar-refractivity contribution in [2.75, 3.05) is 13.2 Å². The van der Waals surface area contributed by atoms with Gasteiger partial charge in [-0.1, -0.05) is 30.3 Å². The van der Waals surface area contributed by atoms with Gasteiger partial charge in [-0.3, -0.25) is 4.90 Å². The third-order valence-electron chi connectivity index (χ3n) is 5.50. The van der Waals surface area contributed by atoms with Gasteiger partial charge in [-0.2, -0.15) is 5.10 Å². The molecule has 0 aliphatic carbocycles. The molecule has 6 heteroatoms. The van der Waals surface area contributed by atoms with Crippen LogP contribution in [0, 0.1) is 13.8 Å². The van der Waals surface area contributed by atoms with Gasteiger partial charge in [-0.15, -0.1) is 0 Å². The quantitative estimate of drug-likeness (QED) is 0.430. The van der Waals surface area contributed by atoms with Crippen LogP contribution in [0.2, 0.25) is 0 Å². The molecule has 0 saturated carbocycles. The Morgan fingerprint density at radius 2 is 1.73 bits per heavy atom. The van der Waals surface area contributed by atoms with Crippen molar-refractivity contribution in [3.8, 4) is 17.3 Å². The van der Waals surface area contributed by atoms with Crippen LogP contribution >= 0.6 is 0 Å². The van der Waals surface area contributed by atoms with E-state index in [1.807, 2.05) is 74.0 Å². The maximum Gasteiger partial charge on any atom is 0.227 e. The highest BCUT2D eigenvalue weighted by Crippen LogP contribution is 2.32. The van der Waals surface area contributed by atoms with Crippen LogP contribution < -0.4 is 4.74 Å². The minimum Gasteiger partial charge on any atom is -0.439 e. The SMILES string of the molecule is Cc1cccc(Oc2c(CN(C[C@@H](O)COC(C)C)C(C)C)c(C)nn2-c2ccccc2)c1. The van der Waals surface area contributed by atoms with Crippen molar-refractivity contribution in [3.63, 3.8) is 0 Å². The Labute approximate surface area is 197 Å². The van der Waals surface area contributed by atoms with Crippen LogP contribution in [0.3, 0.4) is 0 Å². The predicted octanol–water partition coefficient (Wildman–Crippen LogP) is 5.28. The summed E-state index contributed by atoms with van der Waals surface area (Å²) in [4.78, 5) is 2.23. The highest BCUT2D eigenvalue weighted by molar-refractivity contribution is 5.43. The van der Waals surface area contributed by atoms with E-state index in [-0.39, 0.29) is 12.1 Å². The van der Waals surface area contributed by atoms with Crippen LogP contribution in [0.5, 0.6) is 11.6 Å². The Morgan fingerprint density at radius 1 is 1.00 bits per heavy atom. The van der Waals surface area contributed by atoms with Crippen LogP contribution in [0.15, 0.2) is 54.6 Å². The first-order valence-corrected chi connectivity index (χ1v) is 11.7. The summed E-state index contributed by atoms with van der Waals surface area (Å²) in [7, 11) is 0. The van der Waals surface area contributed by atoms with E-state index in [4.69, 9.17) is 14.6 Å². The molecule has 6 nitrogen and oxygen atoms in total. The molecule has 0 radical (unpaired) electrons. The van der Waals surface area contributed by atoms with E-state index < -0.39 is 6.10 Å². The molecule has 1 aromatic heterocycles. The number of rotatable bonds is 11. The number of aliphatic hydroxyl groups excluding tert-OH is 1. The van der Waals surface area contributed by atoms with Gasteiger partial charge < -0.3 is 14.6 Å². The molecule has 0 unspecified atom stereocenters. The maximum absolute atomic E-state index is 10.6. The van der Waals surface area contributed by atoms with Gasteiger partial charge in [0.2, 0.25) is 5.88 Å². The zero-order valence-electron chi connectivity index (χ0n) is 20.7. The van der Waals surface area contributed by atoms with Crippen LogP contribution in [-0.4, -0.2) is 51.2 Å². The lowest BCUT2D eigenvalue weighted by Gasteiger charge is -2.29. The van der Waals surface area contributed by atoms with Crippen LogP contribution in [0.25, 0.3) is 5.69 Å². The van der Waals surface area contributed by atoms with Crippen LogP contribution in [-0.2, 0) is 11.3 Å². The number of benzene rings is 2. The number of ether oxygens (including phenoxy) is 2. The summed E-state index contributed by atoms with van der Waals surface area (Å²) in [5.41, 5.74) is 3.98. The summed E-state index contributed by atoms with van der Waals surface area (Å²) >= 11 is 0. The van der Waals surface area contributed by atoms with E-state index in [2.05, 4.69) is 31.7 Å². The van der Waals surface area contributed by atoms with Gasteiger partial charge in [0.05, 0.1) is 35.8 Å². The second-order valence-electron chi connectivity index (χ2n) is 9.09. The van der Waals surface area contributed by atoms with Gasteiger partial charge in [-0.25, -0.2) is 4.68 Å². The zero-order chi connectivity index (χ0) is 24.0. The number of hydrogen-bond acceptors (Lipinski definition) is 5. The highest BCUT2D eigenvalue weighted by Gasteiger charge is 2.24. The molecule has 178 valence electrons. The number of para-hydroxylation sites is 1. The molecule has 0 aliphatic rings. The third-order valence-corrected chi connectivity index (χ3v) is 5.50. The van der Waals surface area contributed by atoms with Crippen molar-refractivity contribution in [1.82, 2.24) is 14.7 Å². The lowest BCUT2D eigenvalue weighted by molar-refractivity contribution is -0.0137. The average molecular weight is 452 g/mol. The summed E-state index contributed by atoms with van der Waals surface area (Å²) in [6.45, 7) is 13.7. The van der Waals surface area contributed by atoms with Gasteiger partial charge in [0, 0.05) is 19.1 Å². The molecule has 0 saturated heterocycles. The average Bonchev–Trinajstić information content (AvgIpc) is 3.07. The number of aromatic nitrogens is 2. The number of aliphatic hydroxyl groups is 1. The Kier molecular flexibility index (Phi) is 8.67. The van der Waals surface area contributed by atoms with Gasteiger partial charge >= 0.3 is 0 Å². The molecule has 1 N–H and O–H groups in total. The van der Waals surface area contributed by atoms with Gasteiger partial charge in [0.1, 0.15) is 5.75 Å². The normalized spacial score (nSPS) is 12.7. The van der Waals surface area contributed by atoms with E-state index in [0.717, 1.165) is 28.3 Å². The minimum atomic E-state index is -0.569. The van der Waals surface area contributed by atoms with Crippen molar-refractivity contribution in [2.45, 2.75) is 66.3 Å². The Hall–Kier alpha value is -2.67. The molecule has 1 atom stereocenters. The number of aryl methyl sites for hydroxylation is 2. The number of hydrogen-bond donors (Lipinski definition) is 1. The standard InChI is InChI=1S/C27H37N3O3/c1-19(2)29(16-24(31)18-32-20(3)4)17-26-22(6)28-30(23-12-8-7-9-13-23)27(26)33-25-14-10-11-21(5)15-25/h7-15,19-20,24,31H,16-18H2,1-6H3/t24-/m1/s1. The van der Waals surface area contributed by atoms with Crippen molar-refractivity contribution in [3.05, 3.63) is 71.4 Å². The molecule has 1 heterocycles. The third kappa shape index (κ3) is 6.90. The molecule has 0 amide bonds. The summed E-state index contributed by atoms with van der Waals surface area (Å²) < 4.78 is 13.9. The maximum atomic E-state index is 10.6. The molecule has 0 aliphatic heterocycles. The summed E-state index contributed by atoms with van der Waals surface area (Å²) in [6, 6.07) is 18.3. The first-order valence-electron chi connectivity index (χ1n) is 11.7. The molecular weight excluding hydrogens is 414 g/mol. The van der Waals surface area contributed by atoms with E-state index >= 15 is 0 Å². The summed E-state index contributed by atoms with van der Waals surface area (Å²) in [6.07, 6.45) is -0.478. The fourth-order valence-corrected chi connectivity index (χ4v) is 3.65. The lowest BCUT2D eigenvalue weighted by Crippen LogP contribution is -2.39. The topological polar surface area (TPSA) is 59.8 Å². The van der Waals surface area contributed by atoms with E-state index in [0.29, 0.717) is 25.6 Å². The fourth-order valence-electron chi connectivity index (χ4n) is 3.65. The van der Waals surface area contributed by atoms with E-state index in [1.54, 1.807) is 0 Å². The van der Waals surface area contributed by atoms with Gasteiger partial charge in [-0.05, 0) is 71.4 Å². The van der Waals surface area contributed by atoms with E-state index in [9.17, 15) is 5.11 Å². The first-order chi connectivity index (χ1) is 15.7. The first kappa shape index (κ1) is 25.0. The molecule has 33 heavy (non-hydrogen) atoms. The lowest BCUT2D eigenvalue weighted by atomic mass is 10.2. The van der Waals surface area contributed by atoms with Crippen molar-refractivity contribution >= 4 is 0 Å². The van der Waals surface area contributed by atoms with Gasteiger partial charge in [0.25, 0.3) is 0 Å². The van der Waals surface area contributed by atoms with Gasteiger partial charge in [0.15, 0.2) is 0 Å². The largest absolute Gasteiger partial charge is 0.439 e. The molecule has 3 aromatic rings. The summed E-state index contributed by atoms with van der Waals surface area (Å²) in [5, 5.41) is 15.4. The second kappa shape index (κ2) is 11.5. The molecule has 0 spiro atoms. The fraction of sp³-hybridized carbons (Fsp3) is 0.444. The zero-order valence-corrected chi connectivity index (χ0v) is 20.7. The van der Waals surface area contributed by atoms with E-state index in [1.165, 1.54) is 0 Å². The summed E-state index contributed by atoms with van der Waals surface area (Å²) in [5.74, 6) is 1.47. The minimum absolute atomic E-state index is 0.0906.